The van der Waals surface area contributed by atoms with Crippen molar-refractivity contribution in [3.05, 3.63) is 47.1 Å². The third kappa shape index (κ3) is 5.74. The topological polar surface area (TPSA) is 70.1 Å². The minimum absolute atomic E-state index is 0.170. The molecule has 1 unspecified atom stereocenters. The molecule has 1 aliphatic carbocycles. The Hall–Kier alpha value is -2.50. The lowest BCUT2D eigenvalue weighted by molar-refractivity contribution is -0.118. The van der Waals surface area contributed by atoms with Crippen LogP contribution in [0.3, 0.4) is 0 Å². The van der Waals surface area contributed by atoms with Crippen molar-refractivity contribution in [2.45, 2.75) is 59.8 Å². The molecule has 0 saturated heterocycles. The van der Waals surface area contributed by atoms with E-state index < -0.39 is 5.92 Å². The molecule has 0 aromatic carbocycles. The lowest BCUT2D eigenvalue weighted by Crippen LogP contribution is -2.22. The number of anilines is 1. The molecule has 1 fully saturated rings. The van der Waals surface area contributed by atoms with Gasteiger partial charge in [-0.3, -0.25) is 14.9 Å². The summed E-state index contributed by atoms with van der Waals surface area (Å²) in [5.41, 5.74) is 2.97. The van der Waals surface area contributed by atoms with E-state index in [0.29, 0.717) is 29.4 Å². The van der Waals surface area contributed by atoms with Crippen molar-refractivity contribution >= 4 is 17.4 Å². The van der Waals surface area contributed by atoms with Gasteiger partial charge in [0.15, 0.2) is 5.82 Å². The van der Waals surface area contributed by atoms with Crippen molar-refractivity contribution in [2.75, 3.05) is 5.32 Å². The van der Waals surface area contributed by atoms with Crippen LogP contribution in [-0.2, 0) is 4.79 Å². The van der Waals surface area contributed by atoms with Crippen LogP contribution in [0.5, 0.6) is 0 Å². The summed E-state index contributed by atoms with van der Waals surface area (Å²) < 4.78 is 13.7. The van der Waals surface area contributed by atoms with Gasteiger partial charge in [0.25, 0.3) is 0 Å². The van der Waals surface area contributed by atoms with Crippen LogP contribution in [0, 0.1) is 5.92 Å². The highest BCUT2D eigenvalue weighted by Crippen LogP contribution is 2.39. The minimum atomic E-state index is -0.446. The Labute approximate surface area is 160 Å². The average molecular weight is 372 g/mol. The van der Waals surface area contributed by atoms with Gasteiger partial charge in [0, 0.05) is 29.1 Å². The number of hydrogen-bond donors (Lipinski definition) is 2. The zero-order chi connectivity index (χ0) is 20.0. The van der Waals surface area contributed by atoms with Gasteiger partial charge >= 0.3 is 0 Å². The summed E-state index contributed by atoms with van der Waals surface area (Å²) >= 11 is 0. The molecule has 0 bridgehead atoms. The first kappa shape index (κ1) is 20.8. The van der Waals surface area contributed by atoms with Gasteiger partial charge in [-0.2, -0.15) is 5.10 Å². The molecule has 5 nitrogen and oxygen atoms in total. The van der Waals surface area contributed by atoms with Crippen LogP contribution in [0.1, 0.15) is 65.5 Å². The number of aromatic nitrogens is 2. The van der Waals surface area contributed by atoms with Crippen molar-refractivity contribution in [1.82, 2.24) is 10.2 Å². The van der Waals surface area contributed by atoms with Gasteiger partial charge in [0.05, 0.1) is 5.92 Å². The van der Waals surface area contributed by atoms with Crippen LogP contribution < -0.4 is 5.32 Å². The van der Waals surface area contributed by atoms with Gasteiger partial charge in [-0.15, -0.1) is 0 Å². The number of carbonyl (C=O) groups is 1. The fraction of sp³-hybridized carbons (Fsp3) is 0.476. The molecular formula is C21H29FN4O. The number of nitrogens with one attached hydrogen (secondary N) is 2. The van der Waals surface area contributed by atoms with Crippen LogP contribution in [0.25, 0.3) is 0 Å². The first-order valence-electron chi connectivity index (χ1n) is 9.49. The number of amides is 1. The molecule has 0 spiro atoms. The van der Waals surface area contributed by atoms with Crippen LogP contribution in [0.2, 0.25) is 0 Å². The molecule has 1 saturated carbocycles. The maximum Gasteiger partial charge on any atom is 0.234 e. The predicted molar refractivity (Wildman–Crippen MR) is 108 cm³/mol. The van der Waals surface area contributed by atoms with Gasteiger partial charge in [-0.25, -0.2) is 4.39 Å². The van der Waals surface area contributed by atoms with E-state index in [1.165, 1.54) is 18.9 Å². The van der Waals surface area contributed by atoms with Crippen molar-refractivity contribution in [2.24, 2.45) is 10.9 Å². The van der Waals surface area contributed by atoms with E-state index in [-0.39, 0.29) is 11.7 Å². The summed E-state index contributed by atoms with van der Waals surface area (Å²) in [6.07, 6.45) is 7.94. The highest BCUT2D eigenvalue weighted by molar-refractivity contribution is 5.98. The number of nitrogens with zero attached hydrogens (tertiary/aromatic N) is 2. The molecule has 2 N–H and O–H groups in total. The highest BCUT2D eigenvalue weighted by atomic mass is 19.1. The Bertz CT molecular complexity index is 797. The number of aromatic amines is 1. The first-order valence-corrected chi connectivity index (χ1v) is 9.49. The summed E-state index contributed by atoms with van der Waals surface area (Å²) in [6.45, 7) is 8.97. The lowest BCUT2D eigenvalue weighted by Gasteiger charge is -2.12. The lowest BCUT2D eigenvalue weighted by atomic mass is 10.1. The monoisotopic (exact) mass is 372 g/mol. The zero-order valence-corrected chi connectivity index (χ0v) is 16.8. The fourth-order valence-electron chi connectivity index (χ4n) is 2.71. The number of hydrogen-bond acceptors (Lipinski definition) is 3. The van der Waals surface area contributed by atoms with Crippen LogP contribution in [-0.4, -0.2) is 21.8 Å². The smallest absolute Gasteiger partial charge is 0.234 e. The molecule has 146 valence electrons. The minimum Gasteiger partial charge on any atom is -0.309 e. The Balaban J connectivity index is 2.10. The number of allylic oxidation sites excluding steroid dienone is 5. The van der Waals surface area contributed by atoms with E-state index in [9.17, 15) is 9.18 Å². The third-order valence-electron chi connectivity index (χ3n) is 4.65. The van der Waals surface area contributed by atoms with E-state index in [4.69, 9.17) is 0 Å². The van der Waals surface area contributed by atoms with E-state index in [0.717, 1.165) is 11.4 Å². The molecule has 27 heavy (non-hydrogen) atoms. The van der Waals surface area contributed by atoms with Gasteiger partial charge in [0.1, 0.15) is 5.83 Å². The number of H-pyrrole nitrogens is 1. The van der Waals surface area contributed by atoms with Crippen molar-refractivity contribution < 1.29 is 9.18 Å². The average Bonchev–Trinajstić information content (AvgIpc) is 3.42. The van der Waals surface area contributed by atoms with Crippen LogP contribution in [0.15, 0.2) is 46.4 Å². The SMILES string of the molecule is C\C=C(/N=C(\C=C(C)/C(F)=C\C)CC)C(C)C(=O)Nc1cc(C2CC2)[nH]n1. The molecule has 1 aromatic rings. The Morgan fingerprint density at radius 3 is 2.70 bits per heavy atom. The Kier molecular flexibility index (Phi) is 7.28. The predicted octanol–water partition coefficient (Wildman–Crippen LogP) is 5.44. The molecule has 2 rings (SSSR count). The van der Waals surface area contributed by atoms with Gasteiger partial charge < -0.3 is 5.32 Å². The molecule has 1 amide bonds. The summed E-state index contributed by atoms with van der Waals surface area (Å²) in [6, 6.07) is 1.89. The maximum absolute atomic E-state index is 13.7. The van der Waals surface area contributed by atoms with Crippen molar-refractivity contribution in [3.63, 3.8) is 0 Å². The third-order valence-corrected chi connectivity index (χ3v) is 4.65. The van der Waals surface area contributed by atoms with E-state index >= 15 is 0 Å². The molecular weight excluding hydrogens is 343 g/mol. The standard InChI is InChI=1S/C21H29FN4O/c1-6-16(11-13(4)17(22)7-2)23-18(8-3)14(5)21(27)24-20-12-19(25-26-20)15-9-10-15/h7-8,11-12,14-15H,6,9-10H2,1-5H3,(H2,24,25,26,27)/b13-11-,17-7+,18-8-,23-16-. The van der Waals surface area contributed by atoms with E-state index in [1.54, 1.807) is 26.8 Å². The number of rotatable bonds is 8. The summed E-state index contributed by atoms with van der Waals surface area (Å²) in [5.74, 6) is 0.203. The molecule has 1 atom stereocenters. The van der Waals surface area contributed by atoms with Gasteiger partial charge in [0.2, 0.25) is 5.91 Å². The van der Waals surface area contributed by atoms with Gasteiger partial charge in [-0.05, 0) is 58.6 Å². The van der Waals surface area contributed by atoms with E-state index in [2.05, 4.69) is 20.5 Å². The largest absolute Gasteiger partial charge is 0.309 e. The number of carbonyl (C=O) groups excluding carboxylic acids is 1. The molecule has 0 aliphatic heterocycles. The normalized spacial score (nSPS) is 17.9. The van der Waals surface area contributed by atoms with E-state index in [1.807, 2.05) is 26.0 Å². The molecule has 1 aromatic heterocycles. The Morgan fingerprint density at radius 1 is 1.44 bits per heavy atom. The number of aliphatic imine (C=N–C) groups is 1. The summed E-state index contributed by atoms with van der Waals surface area (Å²) in [4.78, 5) is 17.2. The first-order chi connectivity index (χ1) is 12.9. The molecule has 1 aliphatic rings. The highest BCUT2D eigenvalue weighted by Gasteiger charge is 2.26. The molecule has 1 heterocycles. The second kappa shape index (κ2) is 9.44. The Morgan fingerprint density at radius 2 is 2.15 bits per heavy atom. The van der Waals surface area contributed by atoms with Gasteiger partial charge in [-0.1, -0.05) is 19.1 Å². The second-order valence-corrected chi connectivity index (χ2v) is 6.83. The van der Waals surface area contributed by atoms with Crippen LogP contribution >= 0.6 is 0 Å². The zero-order valence-electron chi connectivity index (χ0n) is 16.8. The molecule has 6 heteroatoms. The fourth-order valence-corrected chi connectivity index (χ4v) is 2.71. The maximum atomic E-state index is 13.7. The number of halogens is 1. The summed E-state index contributed by atoms with van der Waals surface area (Å²) in [5, 5.41) is 9.98. The quantitative estimate of drug-likeness (QED) is 0.471. The summed E-state index contributed by atoms with van der Waals surface area (Å²) in [7, 11) is 0. The van der Waals surface area contributed by atoms with Crippen LogP contribution in [0.4, 0.5) is 10.2 Å². The van der Waals surface area contributed by atoms with Crippen molar-refractivity contribution in [1.29, 1.82) is 0 Å². The molecule has 0 radical (unpaired) electrons. The second-order valence-electron chi connectivity index (χ2n) is 6.83. The van der Waals surface area contributed by atoms with Crippen molar-refractivity contribution in [3.8, 4) is 0 Å².